The van der Waals surface area contributed by atoms with Gasteiger partial charge in [0.25, 0.3) is 0 Å². The van der Waals surface area contributed by atoms with Crippen molar-refractivity contribution >= 4 is 5.69 Å². The highest BCUT2D eigenvalue weighted by atomic mass is 15.2. The molecule has 3 heteroatoms. The molecule has 42 heavy (non-hydrogen) atoms. The average molecular weight is 562 g/mol. The zero-order valence-electron chi connectivity index (χ0n) is 25.6. The molecule has 1 saturated carbocycles. The summed E-state index contributed by atoms with van der Waals surface area (Å²) < 4.78 is 0. The molecule has 0 bridgehead atoms. The third kappa shape index (κ3) is 5.33. The number of fused-ring (bicyclic) bond motifs is 3. The van der Waals surface area contributed by atoms with Crippen LogP contribution in [0.5, 0.6) is 0 Å². The van der Waals surface area contributed by atoms with Crippen LogP contribution in [0.4, 0.5) is 5.69 Å². The summed E-state index contributed by atoms with van der Waals surface area (Å²) in [5, 5.41) is 8.17. The van der Waals surface area contributed by atoms with Gasteiger partial charge in [0.15, 0.2) is 0 Å². The first kappa shape index (κ1) is 28.2. The number of rotatable bonds is 7. The summed E-state index contributed by atoms with van der Waals surface area (Å²) >= 11 is 0. The molecule has 0 spiro atoms. The predicted molar refractivity (Wildman–Crippen MR) is 177 cm³/mol. The quantitative estimate of drug-likeness (QED) is 0.327. The molecule has 7 rings (SSSR count). The first-order valence-electron chi connectivity index (χ1n) is 17.0. The molecule has 0 aromatic heterocycles. The van der Waals surface area contributed by atoms with Crippen molar-refractivity contribution in [3.8, 4) is 0 Å². The Morgan fingerprint density at radius 2 is 1.81 bits per heavy atom. The van der Waals surface area contributed by atoms with Crippen molar-refractivity contribution in [1.82, 2.24) is 10.6 Å². The zero-order chi connectivity index (χ0) is 28.5. The van der Waals surface area contributed by atoms with Crippen LogP contribution in [0.2, 0.25) is 0 Å². The van der Waals surface area contributed by atoms with Crippen LogP contribution in [0.25, 0.3) is 0 Å². The summed E-state index contributed by atoms with van der Waals surface area (Å²) in [6.45, 7) is 6.58. The minimum atomic E-state index is 0.183. The maximum atomic E-state index is 4.10. The second kappa shape index (κ2) is 12.2. The lowest BCUT2D eigenvalue weighted by Crippen LogP contribution is -2.55. The Kier molecular flexibility index (Phi) is 8.16. The standard InChI is InChI=1S/C39H51N3/c1-3-13-28-14-7-8-17-31(28)26-32-27-35(29-15-5-4-6-16-29)41-38(40-32)30-21-23-33(24-22-30)42-36-19-10-9-18-34(36)39(2)25-12-11-20-37(39)42/h3-7,11-12,14-15,20-25,28-29,31-32,34-38,40-41H,1,8-10,13,16-19,26-27H2,2H3. The molecule has 222 valence electrons. The van der Waals surface area contributed by atoms with Gasteiger partial charge in [0.05, 0.1) is 12.2 Å². The Hall–Kier alpha value is -2.62. The lowest BCUT2D eigenvalue weighted by molar-refractivity contribution is 0.176. The summed E-state index contributed by atoms with van der Waals surface area (Å²) in [6.07, 6.45) is 38.6. The van der Waals surface area contributed by atoms with Crippen molar-refractivity contribution < 1.29 is 0 Å². The Balaban J connectivity index is 1.12. The van der Waals surface area contributed by atoms with Crippen LogP contribution in [0, 0.1) is 29.1 Å². The number of hydrogen-bond donors (Lipinski definition) is 2. The Morgan fingerprint density at radius 1 is 0.952 bits per heavy atom. The van der Waals surface area contributed by atoms with Crippen LogP contribution in [0.3, 0.4) is 0 Å². The van der Waals surface area contributed by atoms with E-state index in [9.17, 15) is 0 Å². The highest BCUT2D eigenvalue weighted by Gasteiger charge is 2.55. The fraction of sp³-hybridized carbons (Fsp3) is 0.538. The van der Waals surface area contributed by atoms with E-state index in [0.717, 1.165) is 24.7 Å². The Labute approximate surface area is 254 Å². The van der Waals surface area contributed by atoms with Gasteiger partial charge in [-0.2, -0.15) is 0 Å². The zero-order valence-corrected chi connectivity index (χ0v) is 25.6. The number of anilines is 1. The molecule has 0 radical (unpaired) electrons. The molecule has 6 aliphatic rings. The number of hydrogen-bond acceptors (Lipinski definition) is 3. The third-order valence-corrected chi connectivity index (χ3v) is 11.8. The highest BCUT2D eigenvalue weighted by molar-refractivity contribution is 5.56. The van der Waals surface area contributed by atoms with E-state index in [2.05, 4.69) is 120 Å². The van der Waals surface area contributed by atoms with Gasteiger partial charge < -0.3 is 4.90 Å². The normalized spacial score (nSPS) is 40.6. The number of allylic oxidation sites excluding steroid dienone is 8. The SMILES string of the molecule is C=CCC1C=CCCC1CC1CC(C2C=CC=CC2)NC(c2ccc(N3C4CCCCC4C4(C)C=CC=CC34)cc2)N1. The van der Waals surface area contributed by atoms with E-state index in [0.29, 0.717) is 36.0 Å². The molecule has 10 unspecified atom stereocenters. The molecule has 2 heterocycles. The van der Waals surface area contributed by atoms with Crippen molar-refractivity contribution in [2.45, 2.75) is 101 Å². The Morgan fingerprint density at radius 3 is 2.64 bits per heavy atom. The van der Waals surface area contributed by atoms with E-state index in [4.69, 9.17) is 0 Å². The average Bonchev–Trinajstić information content (AvgIpc) is 3.31. The van der Waals surface area contributed by atoms with Crippen LogP contribution < -0.4 is 15.5 Å². The molecule has 10 atom stereocenters. The number of nitrogens with zero attached hydrogens (tertiary/aromatic N) is 1. The topological polar surface area (TPSA) is 27.3 Å². The second-order valence-electron chi connectivity index (χ2n) is 14.2. The minimum absolute atomic E-state index is 0.183. The minimum Gasteiger partial charge on any atom is -0.361 e. The smallest absolute Gasteiger partial charge is 0.0839 e. The van der Waals surface area contributed by atoms with Crippen LogP contribution in [-0.4, -0.2) is 24.2 Å². The first-order chi connectivity index (χ1) is 20.6. The van der Waals surface area contributed by atoms with Crippen molar-refractivity contribution in [2.75, 3.05) is 4.90 Å². The number of benzene rings is 1. The van der Waals surface area contributed by atoms with Crippen molar-refractivity contribution in [1.29, 1.82) is 0 Å². The van der Waals surface area contributed by atoms with E-state index in [1.54, 1.807) is 0 Å². The molecule has 3 fully saturated rings. The van der Waals surface area contributed by atoms with Crippen LogP contribution >= 0.6 is 0 Å². The number of nitrogens with one attached hydrogen (secondary N) is 2. The largest absolute Gasteiger partial charge is 0.361 e. The molecular weight excluding hydrogens is 510 g/mol. The van der Waals surface area contributed by atoms with Gasteiger partial charge >= 0.3 is 0 Å². The van der Waals surface area contributed by atoms with Crippen molar-refractivity contribution in [3.05, 3.63) is 103 Å². The Bertz CT molecular complexity index is 1250. The molecule has 1 aromatic carbocycles. The highest BCUT2D eigenvalue weighted by Crippen LogP contribution is 2.55. The van der Waals surface area contributed by atoms with Crippen molar-refractivity contribution in [2.24, 2.45) is 29.1 Å². The maximum absolute atomic E-state index is 4.10. The summed E-state index contributed by atoms with van der Waals surface area (Å²) in [6, 6.07) is 11.8. The van der Waals surface area contributed by atoms with E-state index >= 15 is 0 Å². The van der Waals surface area contributed by atoms with Gasteiger partial charge in [-0.05, 0) is 92.7 Å². The molecular formula is C39H51N3. The van der Waals surface area contributed by atoms with Gasteiger partial charge in [-0.25, -0.2) is 0 Å². The van der Waals surface area contributed by atoms with Gasteiger partial charge in [0.2, 0.25) is 0 Å². The van der Waals surface area contributed by atoms with Crippen molar-refractivity contribution in [3.63, 3.8) is 0 Å². The molecule has 4 aliphatic carbocycles. The molecule has 3 nitrogen and oxygen atoms in total. The summed E-state index contributed by atoms with van der Waals surface area (Å²) in [7, 11) is 0. The van der Waals surface area contributed by atoms with Gasteiger partial charge in [0.1, 0.15) is 0 Å². The molecule has 0 amide bonds. The van der Waals surface area contributed by atoms with Gasteiger partial charge in [-0.1, -0.05) is 98.7 Å². The predicted octanol–water partition coefficient (Wildman–Crippen LogP) is 8.57. The molecule has 2 saturated heterocycles. The van der Waals surface area contributed by atoms with E-state index in [1.165, 1.54) is 62.6 Å². The lowest BCUT2D eigenvalue weighted by Gasteiger charge is -2.43. The van der Waals surface area contributed by atoms with Gasteiger partial charge in [-0.15, -0.1) is 6.58 Å². The summed E-state index contributed by atoms with van der Waals surface area (Å²) in [4.78, 5) is 2.79. The van der Waals surface area contributed by atoms with Gasteiger partial charge in [-0.3, -0.25) is 10.6 Å². The van der Waals surface area contributed by atoms with Crippen LogP contribution in [-0.2, 0) is 0 Å². The second-order valence-corrected chi connectivity index (χ2v) is 14.2. The van der Waals surface area contributed by atoms with E-state index < -0.39 is 0 Å². The molecule has 1 aromatic rings. The molecule has 2 N–H and O–H groups in total. The first-order valence-corrected chi connectivity index (χ1v) is 17.0. The van der Waals surface area contributed by atoms with Gasteiger partial charge in [0, 0.05) is 29.2 Å². The third-order valence-electron chi connectivity index (χ3n) is 11.8. The molecule has 2 aliphatic heterocycles. The fourth-order valence-corrected chi connectivity index (χ4v) is 9.61. The summed E-state index contributed by atoms with van der Waals surface area (Å²) in [5.41, 5.74) is 3.01. The summed E-state index contributed by atoms with van der Waals surface area (Å²) in [5.74, 6) is 2.69. The van der Waals surface area contributed by atoms with E-state index in [-0.39, 0.29) is 11.6 Å². The maximum Gasteiger partial charge on any atom is 0.0839 e. The van der Waals surface area contributed by atoms with E-state index in [1.807, 2.05) is 0 Å². The van der Waals surface area contributed by atoms with Crippen LogP contribution in [0.15, 0.2) is 97.7 Å². The fourth-order valence-electron chi connectivity index (χ4n) is 9.61. The lowest BCUT2D eigenvalue weighted by atomic mass is 9.67. The monoisotopic (exact) mass is 561 g/mol. The van der Waals surface area contributed by atoms with Crippen LogP contribution in [0.1, 0.15) is 82.9 Å².